The van der Waals surface area contributed by atoms with Crippen molar-refractivity contribution in [2.45, 2.75) is 19.8 Å². The molecule has 3 nitrogen and oxygen atoms in total. The van der Waals surface area contributed by atoms with Gasteiger partial charge in [0.15, 0.2) is 0 Å². The fourth-order valence-electron chi connectivity index (χ4n) is 1.46. The zero-order valence-corrected chi connectivity index (χ0v) is 11.4. The normalized spacial score (nSPS) is 13.8. The number of aryl methyl sites for hydroxylation is 1. The summed E-state index contributed by atoms with van der Waals surface area (Å²) in [5, 5.41) is 0.693. The summed E-state index contributed by atoms with van der Waals surface area (Å²) in [6, 6.07) is 5.47. The largest absolute Gasteiger partial charge is 0.398 e. The van der Waals surface area contributed by atoms with Gasteiger partial charge in [-0.1, -0.05) is 29.8 Å². The highest BCUT2D eigenvalue weighted by Crippen LogP contribution is 2.19. The van der Waals surface area contributed by atoms with Gasteiger partial charge in [-0.3, -0.25) is 4.79 Å². The monoisotopic (exact) mass is 282 g/mol. The molecule has 5 heteroatoms. The minimum Gasteiger partial charge on any atom is -0.398 e. The number of allylic oxidation sites excluding steroid dienone is 2. The Balaban J connectivity index is 0.000000191. The summed E-state index contributed by atoms with van der Waals surface area (Å²) < 4.78 is 12.6. The first-order valence-corrected chi connectivity index (χ1v) is 6.16. The van der Waals surface area contributed by atoms with Gasteiger partial charge in [0.1, 0.15) is 5.83 Å². The van der Waals surface area contributed by atoms with Crippen LogP contribution in [-0.2, 0) is 4.79 Å². The van der Waals surface area contributed by atoms with E-state index < -0.39 is 11.7 Å². The first kappa shape index (κ1) is 15.2. The van der Waals surface area contributed by atoms with E-state index in [2.05, 4.69) is 0 Å². The van der Waals surface area contributed by atoms with E-state index in [-0.39, 0.29) is 5.57 Å². The first-order valence-electron chi connectivity index (χ1n) is 5.78. The molecular formula is C14H16ClFN2O. The lowest BCUT2D eigenvalue weighted by Crippen LogP contribution is -2.14. The zero-order valence-electron chi connectivity index (χ0n) is 10.6. The number of carbonyl (C=O) groups is 1. The van der Waals surface area contributed by atoms with Gasteiger partial charge < -0.3 is 11.5 Å². The number of hydrogen-bond donors (Lipinski definition) is 2. The maximum absolute atomic E-state index is 12.6. The second kappa shape index (κ2) is 6.95. The molecule has 0 spiro atoms. The summed E-state index contributed by atoms with van der Waals surface area (Å²) in [6.07, 6.45) is 4.13. The van der Waals surface area contributed by atoms with Crippen molar-refractivity contribution in [1.82, 2.24) is 0 Å². The molecule has 1 amide bonds. The molecule has 102 valence electrons. The molecule has 0 saturated heterocycles. The minimum atomic E-state index is -0.687. The smallest absolute Gasteiger partial charge is 0.251 e. The van der Waals surface area contributed by atoms with Gasteiger partial charge in [-0.25, -0.2) is 4.39 Å². The third-order valence-corrected chi connectivity index (χ3v) is 2.85. The summed E-state index contributed by atoms with van der Waals surface area (Å²) in [4.78, 5) is 10.4. The van der Waals surface area contributed by atoms with E-state index in [9.17, 15) is 9.18 Å². The van der Waals surface area contributed by atoms with Crippen molar-refractivity contribution in [2.75, 3.05) is 5.73 Å². The van der Waals surface area contributed by atoms with Crippen molar-refractivity contribution >= 4 is 23.2 Å². The molecule has 2 rings (SSSR count). The summed E-state index contributed by atoms with van der Waals surface area (Å²) in [7, 11) is 0. The van der Waals surface area contributed by atoms with Crippen molar-refractivity contribution in [1.29, 1.82) is 0 Å². The second-order valence-electron chi connectivity index (χ2n) is 4.12. The van der Waals surface area contributed by atoms with Crippen LogP contribution >= 0.6 is 11.6 Å². The van der Waals surface area contributed by atoms with Crippen LogP contribution in [0.1, 0.15) is 18.4 Å². The van der Waals surface area contributed by atoms with Crippen LogP contribution in [0.4, 0.5) is 10.1 Å². The zero-order chi connectivity index (χ0) is 14.4. The lowest BCUT2D eigenvalue weighted by Gasteiger charge is -2.04. The van der Waals surface area contributed by atoms with Crippen molar-refractivity contribution < 1.29 is 9.18 Å². The van der Waals surface area contributed by atoms with E-state index in [1.807, 2.05) is 19.1 Å². The van der Waals surface area contributed by atoms with Crippen LogP contribution in [0.25, 0.3) is 0 Å². The van der Waals surface area contributed by atoms with E-state index in [1.165, 1.54) is 6.08 Å². The molecule has 0 saturated carbocycles. The van der Waals surface area contributed by atoms with Gasteiger partial charge in [0.25, 0.3) is 5.91 Å². The van der Waals surface area contributed by atoms with Crippen LogP contribution in [0, 0.1) is 6.92 Å². The number of benzene rings is 1. The first-order chi connectivity index (χ1) is 8.91. The fourth-order valence-corrected chi connectivity index (χ4v) is 1.64. The second-order valence-corrected chi connectivity index (χ2v) is 4.56. The number of nitrogen functional groups attached to an aromatic ring is 1. The van der Waals surface area contributed by atoms with Gasteiger partial charge in [0.05, 0.1) is 5.57 Å². The number of carbonyl (C=O) groups excluding carboxylic acids is 1. The minimum absolute atomic E-state index is 0.0197. The van der Waals surface area contributed by atoms with E-state index >= 15 is 0 Å². The van der Waals surface area contributed by atoms with E-state index in [4.69, 9.17) is 23.1 Å². The van der Waals surface area contributed by atoms with Crippen molar-refractivity contribution in [3.63, 3.8) is 0 Å². The van der Waals surface area contributed by atoms with Crippen LogP contribution in [0.3, 0.4) is 0 Å². The molecule has 0 aliphatic heterocycles. The van der Waals surface area contributed by atoms with E-state index in [0.29, 0.717) is 17.9 Å². The average Bonchev–Trinajstić information content (AvgIpc) is 2.35. The number of amides is 1. The summed E-state index contributed by atoms with van der Waals surface area (Å²) in [5.74, 6) is -1.08. The number of anilines is 1. The van der Waals surface area contributed by atoms with Crippen LogP contribution < -0.4 is 11.5 Å². The average molecular weight is 283 g/mol. The maximum Gasteiger partial charge on any atom is 0.251 e. The molecule has 4 N–H and O–H groups in total. The molecule has 1 aromatic rings. The Hall–Kier alpha value is -1.81. The Bertz CT molecular complexity index is 538. The highest BCUT2D eigenvalue weighted by atomic mass is 35.5. The quantitative estimate of drug-likeness (QED) is 0.776. The Morgan fingerprint density at radius 3 is 2.53 bits per heavy atom. The lowest BCUT2D eigenvalue weighted by molar-refractivity contribution is -0.114. The number of halogens is 2. The Morgan fingerprint density at radius 2 is 2.11 bits per heavy atom. The molecule has 1 aliphatic carbocycles. The van der Waals surface area contributed by atoms with Crippen molar-refractivity contribution in [2.24, 2.45) is 5.73 Å². The molecule has 0 heterocycles. The predicted molar refractivity (Wildman–Crippen MR) is 76.3 cm³/mol. The topological polar surface area (TPSA) is 69.1 Å². The molecule has 1 aliphatic rings. The Morgan fingerprint density at radius 1 is 1.42 bits per heavy atom. The van der Waals surface area contributed by atoms with Crippen LogP contribution in [-0.4, -0.2) is 5.91 Å². The third kappa shape index (κ3) is 4.75. The molecule has 19 heavy (non-hydrogen) atoms. The molecule has 0 unspecified atom stereocenters. The molecule has 1 aromatic carbocycles. The summed E-state index contributed by atoms with van der Waals surface area (Å²) in [5.41, 5.74) is 12.2. The fraction of sp³-hybridized carbons (Fsp3) is 0.214. The van der Waals surface area contributed by atoms with Gasteiger partial charge in [-0.05, 0) is 31.0 Å². The SMILES string of the molecule is Cc1ccc(Cl)cc1N.NC(=O)C1=C(F)CCC=C1. The van der Waals surface area contributed by atoms with Gasteiger partial charge in [-0.2, -0.15) is 0 Å². The van der Waals surface area contributed by atoms with Gasteiger partial charge in [0, 0.05) is 17.1 Å². The molecule has 0 bridgehead atoms. The molecule has 0 atom stereocenters. The standard InChI is InChI=1S/C7H8ClN.C7H8FNO/c1-5-2-3-6(8)4-7(5)9;8-6-4-2-1-3-5(6)7(9)10/h2-4H,9H2,1H3;1,3H,2,4H2,(H2,9,10). The summed E-state index contributed by atoms with van der Waals surface area (Å²) >= 11 is 5.64. The molecule has 0 fully saturated rings. The van der Waals surface area contributed by atoms with Gasteiger partial charge in [0.2, 0.25) is 0 Å². The van der Waals surface area contributed by atoms with Gasteiger partial charge >= 0.3 is 0 Å². The molecular weight excluding hydrogens is 267 g/mol. The van der Waals surface area contributed by atoms with Gasteiger partial charge in [-0.15, -0.1) is 0 Å². The van der Waals surface area contributed by atoms with E-state index in [1.54, 1.807) is 12.1 Å². The number of nitrogens with two attached hydrogens (primary N) is 2. The lowest BCUT2D eigenvalue weighted by atomic mass is 10.1. The highest BCUT2D eigenvalue weighted by Gasteiger charge is 2.11. The maximum atomic E-state index is 12.6. The molecule has 0 radical (unpaired) electrons. The molecule has 0 aromatic heterocycles. The van der Waals surface area contributed by atoms with E-state index in [0.717, 1.165) is 11.3 Å². The predicted octanol–water partition coefficient (Wildman–Crippen LogP) is 3.28. The number of primary amides is 1. The van der Waals surface area contributed by atoms with Crippen molar-refractivity contribution in [3.8, 4) is 0 Å². The Labute approximate surface area is 116 Å². The summed E-state index contributed by atoms with van der Waals surface area (Å²) in [6.45, 7) is 1.95. The number of rotatable bonds is 1. The third-order valence-electron chi connectivity index (χ3n) is 2.61. The van der Waals surface area contributed by atoms with Crippen LogP contribution in [0.2, 0.25) is 5.02 Å². The highest BCUT2D eigenvalue weighted by molar-refractivity contribution is 6.30. The van der Waals surface area contributed by atoms with Crippen LogP contribution in [0.15, 0.2) is 41.8 Å². The number of hydrogen-bond acceptors (Lipinski definition) is 2. The van der Waals surface area contributed by atoms with Crippen molar-refractivity contribution in [3.05, 3.63) is 52.3 Å². The Kier molecular flexibility index (Phi) is 5.57. The van der Waals surface area contributed by atoms with Crippen LogP contribution in [0.5, 0.6) is 0 Å².